The van der Waals surface area contributed by atoms with E-state index in [-0.39, 0.29) is 17.3 Å². The summed E-state index contributed by atoms with van der Waals surface area (Å²) in [5.41, 5.74) is 2.91. The third-order valence-corrected chi connectivity index (χ3v) is 7.94. The molecule has 0 saturated heterocycles. The van der Waals surface area contributed by atoms with Gasteiger partial charge in [-0.15, -0.1) is 0 Å². The maximum atomic E-state index is 13.8. The van der Waals surface area contributed by atoms with Crippen LogP contribution in [-0.2, 0) is 26.2 Å². The van der Waals surface area contributed by atoms with Crippen molar-refractivity contribution < 1.29 is 18.0 Å². The van der Waals surface area contributed by atoms with Crippen LogP contribution in [0.3, 0.4) is 0 Å². The molecule has 3 aromatic carbocycles. The Balaban J connectivity index is 2.05. The van der Waals surface area contributed by atoms with Crippen molar-refractivity contribution in [3.63, 3.8) is 0 Å². The largest absolute Gasteiger partial charge is 0.357 e. The van der Waals surface area contributed by atoms with E-state index in [1.54, 1.807) is 38.1 Å². The van der Waals surface area contributed by atoms with E-state index in [0.717, 1.165) is 15.4 Å². The van der Waals surface area contributed by atoms with Crippen LogP contribution in [-0.4, -0.2) is 44.8 Å². The van der Waals surface area contributed by atoms with Crippen molar-refractivity contribution in [1.29, 1.82) is 0 Å². The Morgan fingerprint density at radius 2 is 1.64 bits per heavy atom. The van der Waals surface area contributed by atoms with Gasteiger partial charge >= 0.3 is 0 Å². The van der Waals surface area contributed by atoms with Crippen LogP contribution < -0.4 is 9.62 Å². The molecular weight excluding hydrogens is 498 g/mol. The van der Waals surface area contributed by atoms with E-state index in [0.29, 0.717) is 16.3 Å². The van der Waals surface area contributed by atoms with Gasteiger partial charge in [0, 0.05) is 18.6 Å². The number of nitrogens with zero attached hydrogens (tertiary/aromatic N) is 2. The summed E-state index contributed by atoms with van der Waals surface area (Å²) in [6.45, 7) is 5.01. The molecule has 9 heteroatoms. The van der Waals surface area contributed by atoms with Gasteiger partial charge in [-0.2, -0.15) is 0 Å². The van der Waals surface area contributed by atoms with Crippen molar-refractivity contribution in [2.24, 2.45) is 0 Å². The minimum absolute atomic E-state index is 0.00698. The summed E-state index contributed by atoms with van der Waals surface area (Å²) in [6.07, 6.45) is 0. The third kappa shape index (κ3) is 6.25. The molecule has 0 radical (unpaired) electrons. The average Bonchev–Trinajstić information content (AvgIpc) is 2.85. The summed E-state index contributed by atoms with van der Waals surface area (Å²) >= 11 is 5.97. The number of nitrogens with one attached hydrogen (secondary N) is 1. The molecule has 0 bridgehead atoms. The Morgan fingerprint density at radius 3 is 2.25 bits per heavy atom. The van der Waals surface area contributed by atoms with Crippen molar-refractivity contribution in [3.05, 3.63) is 94.5 Å². The summed E-state index contributed by atoms with van der Waals surface area (Å²) in [5, 5.41) is 2.97. The number of carbonyl (C=O) groups excluding carboxylic acids is 2. The zero-order valence-corrected chi connectivity index (χ0v) is 22.3. The molecule has 0 aliphatic rings. The second kappa shape index (κ2) is 11.6. The Kier molecular flexibility index (Phi) is 8.76. The smallest absolute Gasteiger partial charge is 0.264 e. The molecule has 2 amide bonds. The van der Waals surface area contributed by atoms with Crippen LogP contribution in [0.25, 0.3) is 0 Å². The van der Waals surface area contributed by atoms with Crippen molar-refractivity contribution >= 4 is 39.1 Å². The molecule has 0 unspecified atom stereocenters. The number of sulfonamides is 1. The number of aryl methyl sites for hydroxylation is 2. The number of hydrogen-bond donors (Lipinski definition) is 1. The summed E-state index contributed by atoms with van der Waals surface area (Å²) in [5.74, 6) is -0.854. The van der Waals surface area contributed by atoms with Crippen molar-refractivity contribution in [2.75, 3.05) is 17.9 Å². The monoisotopic (exact) mass is 527 g/mol. The second-order valence-electron chi connectivity index (χ2n) is 8.55. The second-order valence-corrected chi connectivity index (χ2v) is 10.9. The Morgan fingerprint density at radius 1 is 0.972 bits per heavy atom. The zero-order valence-electron chi connectivity index (χ0n) is 20.7. The summed E-state index contributed by atoms with van der Waals surface area (Å²) in [7, 11) is -2.63. The van der Waals surface area contributed by atoms with Gasteiger partial charge < -0.3 is 10.2 Å². The summed E-state index contributed by atoms with van der Waals surface area (Å²) in [4.78, 5) is 27.7. The minimum Gasteiger partial charge on any atom is -0.357 e. The number of carbonyl (C=O) groups is 2. The maximum Gasteiger partial charge on any atom is 0.264 e. The quantitative estimate of drug-likeness (QED) is 0.449. The van der Waals surface area contributed by atoms with Gasteiger partial charge in [-0.1, -0.05) is 59.6 Å². The van der Waals surface area contributed by atoms with Crippen LogP contribution in [0.1, 0.15) is 23.6 Å². The molecular formula is C27H30ClN3O4S. The van der Waals surface area contributed by atoms with Gasteiger partial charge in [0.25, 0.3) is 10.0 Å². The molecule has 0 fully saturated rings. The summed E-state index contributed by atoms with van der Waals surface area (Å²) < 4.78 is 28.6. The van der Waals surface area contributed by atoms with E-state index in [9.17, 15) is 18.0 Å². The third-order valence-electron chi connectivity index (χ3n) is 5.91. The minimum atomic E-state index is -4.13. The lowest BCUT2D eigenvalue weighted by Crippen LogP contribution is -2.50. The molecule has 0 aromatic heterocycles. The number of rotatable bonds is 9. The van der Waals surface area contributed by atoms with E-state index in [1.165, 1.54) is 36.2 Å². The molecule has 1 atom stereocenters. The first-order chi connectivity index (χ1) is 17.0. The fourth-order valence-electron chi connectivity index (χ4n) is 3.89. The lowest BCUT2D eigenvalue weighted by atomic mass is 10.1. The Bertz CT molecular complexity index is 1340. The fourth-order valence-corrected chi connectivity index (χ4v) is 5.49. The number of hydrogen-bond acceptors (Lipinski definition) is 4. The molecule has 190 valence electrons. The highest BCUT2D eigenvalue weighted by Crippen LogP contribution is 2.28. The number of anilines is 1. The molecule has 0 spiro atoms. The van der Waals surface area contributed by atoms with Crippen LogP contribution in [0.2, 0.25) is 5.02 Å². The van der Waals surface area contributed by atoms with E-state index in [1.807, 2.05) is 31.2 Å². The first kappa shape index (κ1) is 27.2. The van der Waals surface area contributed by atoms with Crippen LogP contribution >= 0.6 is 11.6 Å². The van der Waals surface area contributed by atoms with Crippen LogP contribution in [0, 0.1) is 13.8 Å². The van der Waals surface area contributed by atoms with Gasteiger partial charge in [-0.3, -0.25) is 13.9 Å². The molecule has 0 heterocycles. The standard InChI is InChI=1S/C27H30ClN3O4S/c1-19-8-7-10-22(16-19)17-30(21(3)27(33)29-4)26(32)18-31(25-11-6-5-9-20(25)2)36(34,35)24-14-12-23(28)13-15-24/h5-16,21H,17-18H2,1-4H3,(H,29,33)/t21-/m0/s1. The van der Waals surface area contributed by atoms with Crippen LogP contribution in [0.15, 0.2) is 77.7 Å². The first-order valence-electron chi connectivity index (χ1n) is 11.4. The first-order valence-corrected chi connectivity index (χ1v) is 13.3. The lowest BCUT2D eigenvalue weighted by molar-refractivity contribution is -0.139. The summed E-state index contributed by atoms with van der Waals surface area (Å²) in [6, 6.07) is 19.5. The van der Waals surface area contributed by atoms with Gasteiger partial charge in [0.1, 0.15) is 12.6 Å². The van der Waals surface area contributed by atoms with Gasteiger partial charge in [0.15, 0.2) is 0 Å². The Labute approximate surface area is 217 Å². The van der Waals surface area contributed by atoms with E-state index in [2.05, 4.69) is 5.32 Å². The predicted molar refractivity (Wildman–Crippen MR) is 142 cm³/mol. The van der Waals surface area contributed by atoms with Crippen molar-refractivity contribution in [3.8, 4) is 0 Å². The van der Waals surface area contributed by atoms with Gasteiger partial charge in [-0.25, -0.2) is 8.42 Å². The molecule has 0 aliphatic heterocycles. The number of likely N-dealkylation sites (N-methyl/N-ethyl adjacent to an activating group) is 1. The highest BCUT2D eigenvalue weighted by atomic mass is 35.5. The molecule has 7 nitrogen and oxygen atoms in total. The topological polar surface area (TPSA) is 86.8 Å². The molecule has 3 aromatic rings. The number of amides is 2. The van der Waals surface area contributed by atoms with Crippen LogP contribution in [0.4, 0.5) is 5.69 Å². The molecule has 0 aliphatic carbocycles. The Hall–Kier alpha value is -3.36. The van der Waals surface area contributed by atoms with Crippen molar-refractivity contribution in [1.82, 2.24) is 10.2 Å². The number of benzene rings is 3. The maximum absolute atomic E-state index is 13.8. The predicted octanol–water partition coefficient (Wildman–Crippen LogP) is 4.32. The van der Waals surface area contributed by atoms with E-state index in [4.69, 9.17) is 11.6 Å². The lowest BCUT2D eigenvalue weighted by Gasteiger charge is -2.32. The SMILES string of the molecule is CNC(=O)[C@H](C)N(Cc1cccc(C)c1)C(=O)CN(c1ccccc1C)S(=O)(=O)c1ccc(Cl)cc1. The molecule has 1 N–H and O–H groups in total. The van der Waals surface area contributed by atoms with E-state index >= 15 is 0 Å². The normalized spacial score (nSPS) is 12.0. The van der Waals surface area contributed by atoms with Crippen LogP contribution in [0.5, 0.6) is 0 Å². The molecule has 36 heavy (non-hydrogen) atoms. The molecule has 0 saturated carbocycles. The zero-order chi connectivity index (χ0) is 26.5. The highest BCUT2D eigenvalue weighted by Gasteiger charge is 2.32. The van der Waals surface area contributed by atoms with Gasteiger partial charge in [-0.05, 0) is 62.2 Å². The highest BCUT2D eigenvalue weighted by molar-refractivity contribution is 7.92. The van der Waals surface area contributed by atoms with Crippen molar-refractivity contribution in [2.45, 2.75) is 38.3 Å². The van der Waals surface area contributed by atoms with Gasteiger partial charge in [0.05, 0.1) is 10.6 Å². The fraction of sp³-hybridized carbons (Fsp3) is 0.259. The average molecular weight is 528 g/mol. The number of para-hydroxylation sites is 1. The molecule has 3 rings (SSSR count). The van der Waals surface area contributed by atoms with Gasteiger partial charge in [0.2, 0.25) is 11.8 Å². The number of halogens is 1. The van der Waals surface area contributed by atoms with E-state index < -0.39 is 28.5 Å².